The molecular formula is C15H15N3O5S. The first kappa shape index (κ1) is 17.5. The Balaban J connectivity index is 2.54. The minimum absolute atomic E-state index is 0.0571. The van der Waals surface area contributed by atoms with Crippen LogP contribution in [0.3, 0.4) is 0 Å². The zero-order valence-electron chi connectivity index (χ0n) is 13.3. The van der Waals surface area contributed by atoms with E-state index in [-0.39, 0.29) is 28.6 Å². The number of nitrogens with zero attached hydrogens (tertiary/aromatic N) is 3. The molecule has 0 atom stereocenters. The third kappa shape index (κ3) is 4.35. The number of carbonyl (C=O) groups is 1. The molecule has 126 valence electrons. The zero-order chi connectivity index (χ0) is 17.7. The Morgan fingerprint density at radius 3 is 2.71 bits per heavy atom. The summed E-state index contributed by atoms with van der Waals surface area (Å²) in [6.45, 7) is 4.86. The number of thiazole rings is 1. The van der Waals surface area contributed by atoms with Crippen molar-refractivity contribution in [3.05, 3.63) is 45.5 Å². The van der Waals surface area contributed by atoms with Gasteiger partial charge in [-0.05, 0) is 37.3 Å². The molecule has 1 aromatic carbocycles. The van der Waals surface area contributed by atoms with Gasteiger partial charge in [-0.15, -0.1) is 0 Å². The number of benzene rings is 1. The number of para-hydroxylation sites is 1. The Kier molecular flexibility index (Phi) is 5.59. The fraction of sp³-hybridized carbons (Fsp3) is 0.267. The van der Waals surface area contributed by atoms with Crippen LogP contribution in [0.4, 0.5) is 10.8 Å². The smallest absolute Gasteiger partial charge is 0.370 e. The van der Waals surface area contributed by atoms with Crippen LogP contribution >= 0.6 is 11.3 Å². The lowest BCUT2D eigenvalue weighted by atomic mass is 10.2. The van der Waals surface area contributed by atoms with Gasteiger partial charge in [0.05, 0.1) is 22.1 Å². The van der Waals surface area contributed by atoms with Crippen molar-refractivity contribution in [1.29, 1.82) is 0 Å². The Labute approximate surface area is 141 Å². The largest absolute Gasteiger partial charge is 0.474 e. The standard InChI is InChI=1S/C15H15N3O5S/c1-9(2)22-14(17-13-15(18(20)21)24-8-16-13)11-6-4-5-7-12(11)23-10(3)19/h4-9H,1-3H3. The molecular weight excluding hydrogens is 334 g/mol. The molecule has 1 aromatic heterocycles. The third-order valence-corrected chi connectivity index (χ3v) is 3.39. The first-order chi connectivity index (χ1) is 11.4. The van der Waals surface area contributed by atoms with Gasteiger partial charge in [0.1, 0.15) is 5.75 Å². The van der Waals surface area contributed by atoms with Crippen LogP contribution in [0.2, 0.25) is 0 Å². The zero-order valence-corrected chi connectivity index (χ0v) is 14.1. The van der Waals surface area contributed by atoms with E-state index in [1.165, 1.54) is 12.4 Å². The molecule has 0 amide bonds. The van der Waals surface area contributed by atoms with Crippen molar-refractivity contribution in [2.75, 3.05) is 0 Å². The molecule has 1 heterocycles. The maximum atomic E-state index is 11.3. The highest BCUT2D eigenvalue weighted by atomic mass is 32.1. The van der Waals surface area contributed by atoms with Crippen molar-refractivity contribution in [2.24, 2.45) is 4.99 Å². The average molecular weight is 349 g/mol. The molecule has 0 aliphatic heterocycles. The Bertz CT molecular complexity index is 785. The SMILES string of the molecule is CC(=O)Oc1ccccc1C(=Nc1ncsc1[N+](=O)[O-])OC(C)C. The number of hydrogen-bond acceptors (Lipinski definition) is 8. The van der Waals surface area contributed by atoms with E-state index in [1.54, 1.807) is 38.1 Å². The minimum atomic E-state index is -0.554. The summed E-state index contributed by atoms with van der Waals surface area (Å²) in [5.74, 6) is -0.206. The molecule has 0 N–H and O–H groups in total. The summed E-state index contributed by atoms with van der Waals surface area (Å²) in [5, 5.41) is 10.8. The maximum Gasteiger partial charge on any atom is 0.370 e. The van der Waals surface area contributed by atoms with Crippen LogP contribution in [0.15, 0.2) is 34.8 Å². The molecule has 0 bridgehead atoms. The van der Waals surface area contributed by atoms with Gasteiger partial charge in [0, 0.05) is 6.92 Å². The number of hydrogen-bond donors (Lipinski definition) is 0. The number of ether oxygens (including phenoxy) is 2. The fourth-order valence-corrected chi connectivity index (χ4v) is 2.33. The summed E-state index contributed by atoms with van der Waals surface area (Å²) in [5.41, 5.74) is 1.74. The van der Waals surface area contributed by atoms with Gasteiger partial charge in [-0.3, -0.25) is 14.9 Å². The summed E-state index contributed by atoms with van der Waals surface area (Å²) in [4.78, 5) is 29.8. The van der Waals surface area contributed by atoms with Gasteiger partial charge in [0.25, 0.3) is 0 Å². The van der Waals surface area contributed by atoms with Crippen LogP contribution in [-0.4, -0.2) is 27.9 Å². The van der Waals surface area contributed by atoms with E-state index in [0.29, 0.717) is 5.56 Å². The lowest BCUT2D eigenvalue weighted by molar-refractivity contribution is -0.379. The summed E-state index contributed by atoms with van der Waals surface area (Å²) in [6.07, 6.45) is -0.244. The second-order valence-electron chi connectivity index (χ2n) is 4.91. The molecule has 2 rings (SSSR count). The number of esters is 1. The number of nitro groups is 1. The van der Waals surface area contributed by atoms with Crippen molar-refractivity contribution in [3.63, 3.8) is 0 Å². The van der Waals surface area contributed by atoms with Gasteiger partial charge in [-0.2, -0.15) is 4.99 Å². The second-order valence-corrected chi connectivity index (χ2v) is 5.74. The van der Waals surface area contributed by atoms with Crippen molar-refractivity contribution in [2.45, 2.75) is 26.9 Å². The molecule has 9 heteroatoms. The molecule has 0 saturated heterocycles. The monoisotopic (exact) mass is 349 g/mol. The normalized spacial score (nSPS) is 11.4. The molecule has 0 unspecified atom stereocenters. The Hall–Kier alpha value is -2.81. The lowest BCUT2D eigenvalue weighted by Gasteiger charge is -2.14. The van der Waals surface area contributed by atoms with E-state index in [0.717, 1.165) is 11.3 Å². The molecule has 0 radical (unpaired) electrons. The quantitative estimate of drug-likeness (QED) is 0.204. The summed E-state index contributed by atoms with van der Waals surface area (Å²) in [7, 11) is 0. The van der Waals surface area contributed by atoms with Crippen LogP contribution in [0.25, 0.3) is 0 Å². The highest BCUT2D eigenvalue weighted by molar-refractivity contribution is 7.13. The van der Waals surface area contributed by atoms with E-state index >= 15 is 0 Å². The van der Waals surface area contributed by atoms with Crippen molar-refractivity contribution < 1.29 is 19.2 Å². The third-order valence-electron chi connectivity index (χ3n) is 2.62. The van der Waals surface area contributed by atoms with Crippen molar-refractivity contribution >= 4 is 34.0 Å². The van der Waals surface area contributed by atoms with Crippen LogP contribution in [0.5, 0.6) is 5.75 Å². The van der Waals surface area contributed by atoms with E-state index in [4.69, 9.17) is 9.47 Å². The molecule has 24 heavy (non-hydrogen) atoms. The highest BCUT2D eigenvalue weighted by Gasteiger charge is 2.21. The molecule has 0 aliphatic rings. The fourth-order valence-electron chi connectivity index (χ4n) is 1.79. The van der Waals surface area contributed by atoms with Gasteiger partial charge in [0.2, 0.25) is 11.7 Å². The predicted octanol–water partition coefficient (Wildman–Crippen LogP) is 3.48. The Morgan fingerprint density at radius 1 is 1.38 bits per heavy atom. The second kappa shape index (κ2) is 7.64. The van der Waals surface area contributed by atoms with Gasteiger partial charge in [-0.1, -0.05) is 12.1 Å². The van der Waals surface area contributed by atoms with E-state index in [1.807, 2.05) is 0 Å². The summed E-state index contributed by atoms with van der Waals surface area (Å²) in [6, 6.07) is 6.65. The van der Waals surface area contributed by atoms with Crippen LogP contribution in [-0.2, 0) is 9.53 Å². The Morgan fingerprint density at radius 2 is 2.08 bits per heavy atom. The van der Waals surface area contributed by atoms with Crippen molar-refractivity contribution in [1.82, 2.24) is 4.98 Å². The topological polar surface area (TPSA) is 104 Å². The van der Waals surface area contributed by atoms with E-state index < -0.39 is 10.9 Å². The van der Waals surface area contributed by atoms with Crippen LogP contribution in [0.1, 0.15) is 26.3 Å². The first-order valence-electron chi connectivity index (χ1n) is 6.99. The lowest BCUT2D eigenvalue weighted by Crippen LogP contribution is -2.15. The molecule has 0 saturated carbocycles. The van der Waals surface area contributed by atoms with Gasteiger partial charge < -0.3 is 9.47 Å². The number of aromatic nitrogens is 1. The van der Waals surface area contributed by atoms with Gasteiger partial charge >= 0.3 is 11.0 Å². The van der Waals surface area contributed by atoms with Gasteiger partial charge in [0.15, 0.2) is 0 Å². The number of rotatable bonds is 5. The minimum Gasteiger partial charge on any atom is -0.474 e. The predicted molar refractivity (Wildman–Crippen MR) is 88.9 cm³/mol. The van der Waals surface area contributed by atoms with Crippen LogP contribution in [0, 0.1) is 10.1 Å². The maximum absolute atomic E-state index is 11.3. The average Bonchev–Trinajstić information content (AvgIpc) is 2.94. The van der Waals surface area contributed by atoms with Crippen molar-refractivity contribution in [3.8, 4) is 5.75 Å². The molecule has 8 nitrogen and oxygen atoms in total. The first-order valence-corrected chi connectivity index (χ1v) is 7.87. The van der Waals surface area contributed by atoms with Crippen LogP contribution < -0.4 is 4.74 Å². The van der Waals surface area contributed by atoms with E-state index in [9.17, 15) is 14.9 Å². The number of carbonyl (C=O) groups excluding carboxylic acids is 1. The molecule has 0 fully saturated rings. The highest BCUT2D eigenvalue weighted by Crippen LogP contribution is 2.32. The molecule has 2 aromatic rings. The molecule has 0 aliphatic carbocycles. The van der Waals surface area contributed by atoms with Gasteiger partial charge in [-0.25, -0.2) is 4.98 Å². The number of aliphatic imine (C=N–C) groups is 1. The molecule has 0 spiro atoms. The van der Waals surface area contributed by atoms with E-state index in [2.05, 4.69) is 9.98 Å². The summed E-state index contributed by atoms with van der Waals surface area (Å²) < 4.78 is 10.8. The summed E-state index contributed by atoms with van der Waals surface area (Å²) >= 11 is 0.870.